The van der Waals surface area contributed by atoms with E-state index in [1.54, 1.807) is 7.11 Å². The summed E-state index contributed by atoms with van der Waals surface area (Å²) in [4.78, 5) is 0. The van der Waals surface area contributed by atoms with Crippen LogP contribution >= 0.6 is 0 Å². The van der Waals surface area contributed by atoms with Crippen molar-refractivity contribution in [3.8, 4) is 11.5 Å². The van der Waals surface area contributed by atoms with Crippen LogP contribution in [-0.4, -0.2) is 19.3 Å². The summed E-state index contributed by atoms with van der Waals surface area (Å²) in [6.45, 7) is 5.02. The van der Waals surface area contributed by atoms with Gasteiger partial charge in [-0.1, -0.05) is 63.1 Å². The summed E-state index contributed by atoms with van der Waals surface area (Å²) in [6.07, 6.45) is 6.03. The predicted molar refractivity (Wildman–Crippen MR) is 109 cm³/mol. The zero-order chi connectivity index (χ0) is 18.8. The molecule has 0 aliphatic heterocycles. The van der Waals surface area contributed by atoms with Crippen LogP contribution in [0.2, 0.25) is 0 Å². The molecule has 0 radical (unpaired) electrons. The lowest BCUT2D eigenvalue weighted by molar-refractivity contribution is 0.296. The number of rotatable bonds is 11. The lowest BCUT2D eigenvalue weighted by atomic mass is 9.83. The van der Waals surface area contributed by atoms with Crippen molar-refractivity contribution in [3.63, 3.8) is 0 Å². The molecule has 0 atom stereocenters. The van der Waals surface area contributed by atoms with Crippen LogP contribution in [0.1, 0.15) is 50.7 Å². The molecule has 0 fully saturated rings. The van der Waals surface area contributed by atoms with Gasteiger partial charge in [-0.3, -0.25) is 0 Å². The van der Waals surface area contributed by atoms with Gasteiger partial charge in [0.15, 0.2) is 11.5 Å². The standard InChI is InChI=1S/C23H33NO2/c1-4-14-23(24,15-5-2)18-20-11-12-21(25-3)22(17-20)26-16-13-19-9-7-6-8-10-19/h6-12,17H,4-5,13-16,18,24H2,1-3H3. The van der Waals surface area contributed by atoms with E-state index in [0.717, 1.165) is 50.0 Å². The van der Waals surface area contributed by atoms with E-state index in [2.05, 4.69) is 50.2 Å². The number of ether oxygens (including phenoxy) is 2. The fraction of sp³-hybridized carbons (Fsp3) is 0.478. The fourth-order valence-corrected chi connectivity index (χ4v) is 3.57. The monoisotopic (exact) mass is 355 g/mol. The normalized spacial score (nSPS) is 11.4. The van der Waals surface area contributed by atoms with Crippen molar-refractivity contribution in [2.45, 2.75) is 57.9 Å². The quantitative estimate of drug-likeness (QED) is 0.606. The van der Waals surface area contributed by atoms with E-state index in [1.807, 2.05) is 12.1 Å². The number of hydrogen-bond acceptors (Lipinski definition) is 3. The van der Waals surface area contributed by atoms with Crippen LogP contribution in [-0.2, 0) is 12.8 Å². The first-order chi connectivity index (χ1) is 12.6. The van der Waals surface area contributed by atoms with E-state index in [9.17, 15) is 0 Å². The summed E-state index contributed by atoms with van der Waals surface area (Å²) in [5.41, 5.74) is 9.02. The second-order valence-electron chi connectivity index (χ2n) is 7.11. The Morgan fingerprint density at radius 2 is 1.58 bits per heavy atom. The molecule has 2 aromatic carbocycles. The largest absolute Gasteiger partial charge is 0.493 e. The fourth-order valence-electron chi connectivity index (χ4n) is 3.57. The Morgan fingerprint density at radius 1 is 0.885 bits per heavy atom. The molecule has 142 valence electrons. The second kappa shape index (κ2) is 10.2. The lowest BCUT2D eigenvalue weighted by Crippen LogP contribution is -2.41. The van der Waals surface area contributed by atoms with Crippen molar-refractivity contribution < 1.29 is 9.47 Å². The minimum Gasteiger partial charge on any atom is -0.493 e. The highest BCUT2D eigenvalue weighted by Crippen LogP contribution is 2.31. The molecule has 26 heavy (non-hydrogen) atoms. The van der Waals surface area contributed by atoms with E-state index < -0.39 is 0 Å². The maximum atomic E-state index is 6.68. The van der Waals surface area contributed by atoms with Crippen LogP contribution in [0.3, 0.4) is 0 Å². The van der Waals surface area contributed by atoms with Crippen LogP contribution < -0.4 is 15.2 Å². The molecule has 0 unspecified atom stereocenters. The first-order valence-electron chi connectivity index (χ1n) is 9.72. The molecule has 0 heterocycles. The van der Waals surface area contributed by atoms with E-state index in [4.69, 9.17) is 15.2 Å². The summed E-state index contributed by atoms with van der Waals surface area (Å²) in [5, 5.41) is 0. The van der Waals surface area contributed by atoms with Crippen LogP contribution in [0.15, 0.2) is 48.5 Å². The van der Waals surface area contributed by atoms with Crippen molar-refractivity contribution in [1.82, 2.24) is 0 Å². The average molecular weight is 356 g/mol. The maximum Gasteiger partial charge on any atom is 0.161 e. The van der Waals surface area contributed by atoms with Gasteiger partial charge < -0.3 is 15.2 Å². The van der Waals surface area contributed by atoms with Gasteiger partial charge in [0.05, 0.1) is 13.7 Å². The van der Waals surface area contributed by atoms with Crippen molar-refractivity contribution in [2.24, 2.45) is 5.73 Å². The second-order valence-corrected chi connectivity index (χ2v) is 7.11. The molecule has 3 heteroatoms. The molecular weight excluding hydrogens is 322 g/mol. The minimum atomic E-state index is -0.139. The number of hydrogen-bond donors (Lipinski definition) is 1. The van der Waals surface area contributed by atoms with Gasteiger partial charge in [0, 0.05) is 12.0 Å². The zero-order valence-electron chi connectivity index (χ0n) is 16.5. The van der Waals surface area contributed by atoms with E-state index in [0.29, 0.717) is 6.61 Å². The molecule has 0 bridgehead atoms. The molecule has 2 aromatic rings. The Balaban J connectivity index is 2.06. The summed E-state index contributed by atoms with van der Waals surface area (Å²) < 4.78 is 11.5. The van der Waals surface area contributed by atoms with Crippen LogP contribution in [0.25, 0.3) is 0 Å². The highest BCUT2D eigenvalue weighted by Gasteiger charge is 2.24. The smallest absolute Gasteiger partial charge is 0.161 e. The van der Waals surface area contributed by atoms with Gasteiger partial charge in [-0.2, -0.15) is 0 Å². The third kappa shape index (κ3) is 6.06. The van der Waals surface area contributed by atoms with E-state index in [-0.39, 0.29) is 5.54 Å². The number of nitrogens with two attached hydrogens (primary N) is 1. The van der Waals surface area contributed by atoms with E-state index >= 15 is 0 Å². The molecule has 2 N–H and O–H groups in total. The van der Waals surface area contributed by atoms with Crippen molar-refractivity contribution in [2.75, 3.05) is 13.7 Å². The van der Waals surface area contributed by atoms with Crippen molar-refractivity contribution >= 4 is 0 Å². The van der Waals surface area contributed by atoms with Gasteiger partial charge in [-0.05, 0) is 42.5 Å². The molecule has 0 saturated carbocycles. The first kappa shape index (κ1) is 20.3. The Morgan fingerprint density at radius 3 is 2.19 bits per heavy atom. The predicted octanol–water partition coefficient (Wildman–Crippen LogP) is 5.16. The van der Waals surface area contributed by atoms with Crippen LogP contribution in [0, 0.1) is 0 Å². The molecule has 2 rings (SSSR count). The first-order valence-corrected chi connectivity index (χ1v) is 9.72. The molecule has 0 saturated heterocycles. The zero-order valence-corrected chi connectivity index (χ0v) is 16.5. The van der Waals surface area contributed by atoms with Crippen molar-refractivity contribution in [1.29, 1.82) is 0 Å². The molecule has 0 spiro atoms. The summed E-state index contributed by atoms with van der Waals surface area (Å²) in [5.74, 6) is 1.58. The van der Waals surface area contributed by atoms with E-state index in [1.165, 1.54) is 11.1 Å². The molecule has 0 aromatic heterocycles. The minimum absolute atomic E-state index is 0.139. The van der Waals surface area contributed by atoms with Gasteiger partial charge in [0.2, 0.25) is 0 Å². The topological polar surface area (TPSA) is 44.5 Å². The Bertz CT molecular complexity index is 649. The average Bonchev–Trinajstić information content (AvgIpc) is 2.63. The molecular formula is C23H33NO2. The number of methoxy groups -OCH3 is 1. The number of benzene rings is 2. The highest BCUT2D eigenvalue weighted by atomic mass is 16.5. The highest BCUT2D eigenvalue weighted by molar-refractivity contribution is 5.43. The van der Waals surface area contributed by atoms with Gasteiger partial charge in [0.1, 0.15) is 0 Å². The Kier molecular flexibility index (Phi) is 7.99. The third-order valence-corrected chi connectivity index (χ3v) is 4.77. The molecule has 0 aliphatic carbocycles. The van der Waals surface area contributed by atoms with Gasteiger partial charge in [-0.15, -0.1) is 0 Å². The Hall–Kier alpha value is -2.00. The van der Waals surface area contributed by atoms with Crippen molar-refractivity contribution in [3.05, 3.63) is 59.7 Å². The van der Waals surface area contributed by atoms with Gasteiger partial charge >= 0.3 is 0 Å². The molecule has 0 aliphatic rings. The summed E-state index contributed by atoms with van der Waals surface area (Å²) >= 11 is 0. The van der Waals surface area contributed by atoms with Crippen LogP contribution in [0.5, 0.6) is 11.5 Å². The summed E-state index contributed by atoms with van der Waals surface area (Å²) in [7, 11) is 1.68. The molecule has 3 nitrogen and oxygen atoms in total. The van der Waals surface area contributed by atoms with Crippen LogP contribution in [0.4, 0.5) is 0 Å². The van der Waals surface area contributed by atoms with Gasteiger partial charge in [0.25, 0.3) is 0 Å². The summed E-state index contributed by atoms with van der Waals surface area (Å²) in [6, 6.07) is 16.6. The third-order valence-electron chi connectivity index (χ3n) is 4.77. The van der Waals surface area contributed by atoms with Gasteiger partial charge in [-0.25, -0.2) is 0 Å². The Labute approximate surface area is 158 Å². The maximum absolute atomic E-state index is 6.68. The lowest BCUT2D eigenvalue weighted by Gasteiger charge is -2.29. The SMILES string of the molecule is CCCC(N)(CCC)Cc1ccc(OC)c(OCCc2ccccc2)c1. The molecule has 0 amide bonds.